The van der Waals surface area contributed by atoms with Gasteiger partial charge in [0.05, 0.1) is 0 Å². The van der Waals surface area contributed by atoms with Gasteiger partial charge in [0.1, 0.15) is 0 Å². The summed E-state index contributed by atoms with van der Waals surface area (Å²) in [6.45, 7) is 16.3. The Bertz CT molecular complexity index is 280. The fraction of sp³-hybridized carbons (Fsp3) is 0.500. The molecule has 84 valence electrons. The Labute approximate surface area is 94.3 Å². The Balaban J connectivity index is 4.74. The first kappa shape index (κ1) is 13.9. The van der Waals surface area contributed by atoms with Crippen molar-refractivity contribution in [2.75, 3.05) is 0 Å². The minimum atomic E-state index is 0.517. The number of rotatable bonds is 6. The molecule has 1 heteroatoms. The lowest BCUT2D eigenvalue weighted by molar-refractivity contribution is 0.736. The lowest BCUT2D eigenvalue weighted by Gasteiger charge is -2.11. The van der Waals surface area contributed by atoms with Crippen LogP contribution in [0.5, 0.6) is 0 Å². The highest BCUT2D eigenvalue weighted by Gasteiger charge is 2.05. The Morgan fingerprint density at radius 2 is 2.00 bits per heavy atom. The number of allylic oxidation sites excluding steroid dienone is 3. The molecule has 0 aromatic heterocycles. The SMILES string of the molecule is C=CC=N/C(CC(=C)C(C)C)=C(\C)CC. The van der Waals surface area contributed by atoms with Gasteiger partial charge in [-0.3, -0.25) is 4.99 Å². The molecule has 0 aromatic carbocycles. The Hall–Kier alpha value is -1.11. The van der Waals surface area contributed by atoms with E-state index in [1.807, 2.05) is 0 Å². The van der Waals surface area contributed by atoms with Gasteiger partial charge in [0.25, 0.3) is 0 Å². The highest BCUT2D eigenvalue weighted by atomic mass is 14.7. The number of aliphatic imine (C=N–C) groups is 1. The molecule has 0 bridgehead atoms. The van der Waals surface area contributed by atoms with Crippen LogP contribution in [0.25, 0.3) is 0 Å². The van der Waals surface area contributed by atoms with Crippen molar-refractivity contribution in [2.24, 2.45) is 10.9 Å². The molecule has 0 rings (SSSR count). The molecular weight excluding hydrogens is 182 g/mol. The maximum atomic E-state index is 4.41. The van der Waals surface area contributed by atoms with E-state index in [9.17, 15) is 0 Å². The monoisotopic (exact) mass is 205 g/mol. The van der Waals surface area contributed by atoms with Crippen LogP contribution < -0.4 is 0 Å². The Morgan fingerprint density at radius 1 is 1.40 bits per heavy atom. The quantitative estimate of drug-likeness (QED) is 0.446. The molecule has 0 unspecified atom stereocenters. The second kappa shape index (κ2) is 7.22. The number of hydrogen-bond acceptors (Lipinski definition) is 1. The molecule has 0 aromatic rings. The standard InChI is InChI=1S/C14H23N/c1-7-9-15-14(12(5)8-2)10-13(6)11(3)4/h7,9,11H,1,6,8,10H2,2-5H3/b14-12+,15-9?. The number of hydrogen-bond donors (Lipinski definition) is 0. The van der Waals surface area contributed by atoms with Crippen LogP contribution in [0.2, 0.25) is 0 Å². The zero-order chi connectivity index (χ0) is 11.8. The van der Waals surface area contributed by atoms with Crippen molar-refractivity contribution in [3.05, 3.63) is 36.1 Å². The van der Waals surface area contributed by atoms with E-state index in [0.717, 1.165) is 18.5 Å². The minimum Gasteiger partial charge on any atom is -0.261 e. The Morgan fingerprint density at radius 3 is 2.40 bits per heavy atom. The number of nitrogens with zero attached hydrogens (tertiary/aromatic N) is 1. The molecule has 0 aliphatic carbocycles. The summed E-state index contributed by atoms with van der Waals surface area (Å²) in [7, 11) is 0. The third kappa shape index (κ3) is 5.36. The summed E-state index contributed by atoms with van der Waals surface area (Å²) in [5.41, 5.74) is 3.70. The summed E-state index contributed by atoms with van der Waals surface area (Å²) < 4.78 is 0. The lowest BCUT2D eigenvalue weighted by Crippen LogP contribution is -1.96. The van der Waals surface area contributed by atoms with Crippen LogP contribution in [-0.2, 0) is 0 Å². The van der Waals surface area contributed by atoms with Gasteiger partial charge in [-0.25, -0.2) is 0 Å². The first-order chi connectivity index (χ1) is 7.02. The molecule has 0 saturated heterocycles. The van der Waals surface area contributed by atoms with Crippen LogP contribution in [0, 0.1) is 5.92 Å². The molecular formula is C14H23N. The van der Waals surface area contributed by atoms with Gasteiger partial charge in [0.2, 0.25) is 0 Å². The highest BCUT2D eigenvalue weighted by molar-refractivity contribution is 5.71. The van der Waals surface area contributed by atoms with Crippen molar-refractivity contribution in [3.63, 3.8) is 0 Å². The van der Waals surface area contributed by atoms with Crippen molar-refractivity contribution in [1.29, 1.82) is 0 Å². The zero-order valence-electron chi connectivity index (χ0n) is 10.5. The van der Waals surface area contributed by atoms with Crippen LogP contribution in [-0.4, -0.2) is 6.21 Å². The van der Waals surface area contributed by atoms with Crippen LogP contribution in [0.15, 0.2) is 41.1 Å². The average Bonchev–Trinajstić information content (AvgIpc) is 2.22. The molecule has 0 N–H and O–H groups in total. The molecule has 0 aliphatic heterocycles. The van der Waals surface area contributed by atoms with Crippen LogP contribution in [0.3, 0.4) is 0 Å². The van der Waals surface area contributed by atoms with Crippen molar-refractivity contribution in [1.82, 2.24) is 0 Å². The van der Waals surface area contributed by atoms with E-state index in [2.05, 4.69) is 45.8 Å². The van der Waals surface area contributed by atoms with E-state index < -0.39 is 0 Å². The largest absolute Gasteiger partial charge is 0.261 e. The molecule has 0 spiro atoms. The van der Waals surface area contributed by atoms with Gasteiger partial charge in [-0.1, -0.05) is 51.2 Å². The van der Waals surface area contributed by atoms with E-state index >= 15 is 0 Å². The predicted molar refractivity (Wildman–Crippen MR) is 70.3 cm³/mol. The highest BCUT2D eigenvalue weighted by Crippen LogP contribution is 2.21. The van der Waals surface area contributed by atoms with Gasteiger partial charge in [0.15, 0.2) is 0 Å². The van der Waals surface area contributed by atoms with Crippen LogP contribution >= 0.6 is 0 Å². The maximum Gasteiger partial charge on any atom is 0.0433 e. The van der Waals surface area contributed by atoms with Crippen molar-refractivity contribution in [3.8, 4) is 0 Å². The first-order valence-electron chi connectivity index (χ1n) is 5.54. The maximum absolute atomic E-state index is 4.41. The van der Waals surface area contributed by atoms with E-state index in [0.29, 0.717) is 5.92 Å². The van der Waals surface area contributed by atoms with Crippen molar-refractivity contribution < 1.29 is 0 Å². The van der Waals surface area contributed by atoms with Crippen molar-refractivity contribution >= 4 is 6.21 Å². The normalized spacial score (nSPS) is 13.1. The van der Waals surface area contributed by atoms with Gasteiger partial charge in [0, 0.05) is 18.3 Å². The van der Waals surface area contributed by atoms with Gasteiger partial charge in [-0.05, 0) is 19.3 Å². The average molecular weight is 205 g/mol. The summed E-state index contributed by atoms with van der Waals surface area (Å²) >= 11 is 0. The van der Waals surface area contributed by atoms with E-state index in [4.69, 9.17) is 0 Å². The van der Waals surface area contributed by atoms with E-state index in [1.165, 1.54) is 11.1 Å². The van der Waals surface area contributed by atoms with Gasteiger partial charge in [-0.15, -0.1) is 0 Å². The Kier molecular flexibility index (Phi) is 6.68. The molecule has 0 radical (unpaired) electrons. The topological polar surface area (TPSA) is 12.4 Å². The summed E-state index contributed by atoms with van der Waals surface area (Å²) in [5.74, 6) is 0.517. The summed E-state index contributed by atoms with van der Waals surface area (Å²) in [6, 6.07) is 0. The summed E-state index contributed by atoms with van der Waals surface area (Å²) in [4.78, 5) is 4.41. The zero-order valence-corrected chi connectivity index (χ0v) is 10.5. The molecule has 0 aliphatic rings. The van der Waals surface area contributed by atoms with Gasteiger partial charge < -0.3 is 0 Å². The second-order valence-corrected chi connectivity index (χ2v) is 4.08. The third-order valence-corrected chi connectivity index (χ3v) is 2.57. The molecule has 0 saturated carbocycles. The fourth-order valence-electron chi connectivity index (χ4n) is 1.07. The second-order valence-electron chi connectivity index (χ2n) is 4.08. The lowest BCUT2D eigenvalue weighted by atomic mass is 9.98. The molecule has 0 fully saturated rings. The smallest absolute Gasteiger partial charge is 0.0433 e. The molecule has 0 heterocycles. The van der Waals surface area contributed by atoms with Gasteiger partial charge in [-0.2, -0.15) is 0 Å². The molecule has 1 nitrogen and oxygen atoms in total. The summed E-state index contributed by atoms with van der Waals surface area (Å²) in [5, 5.41) is 0. The minimum absolute atomic E-state index is 0.517. The van der Waals surface area contributed by atoms with Gasteiger partial charge >= 0.3 is 0 Å². The van der Waals surface area contributed by atoms with Crippen molar-refractivity contribution in [2.45, 2.75) is 40.5 Å². The first-order valence-corrected chi connectivity index (χ1v) is 5.54. The van der Waals surface area contributed by atoms with E-state index in [-0.39, 0.29) is 0 Å². The predicted octanol–water partition coefficient (Wildman–Crippen LogP) is 4.53. The fourth-order valence-corrected chi connectivity index (χ4v) is 1.07. The summed E-state index contributed by atoms with van der Waals surface area (Å²) in [6.07, 6.45) is 5.38. The van der Waals surface area contributed by atoms with E-state index in [1.54, 1.807) is 12.3 Å². The molecule has 15 heavy (non-hydrogen) atoms. The van der Waals surface area contributed by atoms with Crippen LogP contribution in [0.1, 0.15) is 40.5 Å². The molecule has 0 atom stereocenters. The third-order valence-electron chi connectivity index (χ3n) is 2.57. The van der Waals surface area contributed by atoms with Crippen LogP contribution in [0.4, 0.5) is 0 Å². The molecule has 0 amide bonds.